The summed E-state index contributed by atoms with van der Waals surface area (Å²) < 4.78 is 0. The number of benzene rings is 1. The number of fused-ring (bicyclic) bond motifs is 2. The molecule has 5 N–H and O–H groups in total. The Labute approximate surface area is 192 Å². The molecule has 168 valence electrons. The van der Waals surface area contributed by atoms with Crippen molar-refractivity contribution < 1.29 is 9.90 Å². The monoisotopic (exact) mass is 450 g/mol. The molecule has 0 bridgehead atoms. The minimum absolute atomic E-state index is 0.102. The number of pyridine rings is 1. The minimum Gasteiger partial charge on any atom is -0.508 e. The number of amides is 1. The van der Waals surface area contributed by atoms with Crippen molar-refractivity contribution in [3.05, 3.63) is 58.1 Å². The summed E-state index contributed by atoms with van der Waals surface area (Å²) in [5, 5.41) is 21.2. The van der Waals surface area contributed by atoms with E-state index in [0.29, 0.717) is 17.2 Å². The van der Waals surface area contributed by atoms with Gasteiger partial charge in [0.1, 0.15) is 16.4 Å². The standard InChI is InChI=1S/C25H30N4O2S/c1-25(2,3)17-6-9-19-15(12-17)11-16-13-21(32-24(16)29-19)23(31)28-20(22(26)27)10-14-4-7-18(30)8-5-14/h4-5,7-8,11,13,17,20,30H,6,9-10,12H2,1-3H3,(H3,26,27)(H,28,31)/t17?,20-/m0/s1. The summed E-state index contributed by atoms with van der Waals surface area (Å²) in [6.07, 6.45) is 3.53. The Morgan fingerprint density at radius 1 is 1.31 bits per heavy atom. The lowest BCUT2D eigenvalue weighted by molar-refractivity contribution is 0.0950. The second-order valence-electron chi connectivity index (χ2n) is 9.76. The molecule has 2 atom stereocenters. The Kier molecular flexibility index (Phi) is 5.95. The van der Waals surface area contributed by atoms with E-state index in [0.717, 1.165) is 40.7 Å². The van der Waals surface area contributed by atoms with Crippen LogP contribution in [0, 0.1) is 16.7 Å². The van der Waals surface area contributed by atoms with Crippen LogP contribution in [0.3, 0.4) is 0 Å². The molecule has 2 aromatic heterocycles. The minimum atomic E-state index is -0.619. The maximum atomic E-state index is 13.0. The lowest BCUT2D eigenvalue weighted by atomic mass is 9.71. The second kappa shape index (κ2) is 8.54. The van der Waals surface area contributed by atoms with E-state index in [4.69, 9.17) is 16.1 Å². The highest BCUT2D eigenvalue weighted by Crippen LogP contribution is 2.38. The fourth-order valence-electron chi connectivity index (χ4n) is 4.31. The molecule has 6 nitrogen and oxygen atoms in total. The van der Waals surface area contributed by atoms with Crippen LogP contribution < -0.4 is 11.1 Å². The average molecular weight is 451 g/mol. The Bertz CT molecular complexity index is 1160. The van der Waals surface area contributed by atoms with E-state index < -0.39 is 6.04 Å². The number of nitrogens with two attached hydrogens (primary N) is 1. The van der Waals surface area contributed by atoms with Crippen molar-refractivity contribution in [3.63, 3.8) is 0 Å². The topological polar surface area (TPSA) is 112 Å². The zero-order valence-electron chi connectivity index (χ0n) is 18.7. The molecule has 0 saturated carbocycles. The first-order chi connectivity index (χ1) is 15.1. The van der Waals surface area contributed by atoms with Gasteiger partial charge < -0.3 is 16.2 Å². The maximum Gasteiger partial charge on any atom is 0.262 e. The van der Waals surface area contributed by atoms with E-state index in [2.05, 4.69) is 32.2 Å². The van der Waals surface area contributed by atoms with Crippen molar-refractivity contribution in [3.8, 4) is 5.75 Å². The number of carbonyl (C=O) groups is 1. The average Bonchev–Trinajstić information content (AvgIpc) is 3.14. The van der Waals surface area contributed by atoms with Crippen LogP contribution in [0.2, 0.25) is 0 Å². The van der Waals surface area contributed by atoms with E-state index in [9.17, 15) is 9.90 Å². The maximum absolute atomic E-state index is 13.0. The van der Waals surface area contributed by atoms with Gasteiger partial charge in [0.15, 0.2) is 0 Å². The molecule has 1 unspecified atom stereocenters. The number of nitrogens with one attached hydrogen (secondary N) is 2. The Balaban J connectivity index is 1.53. The SMILES string of the molecule is CC(C)(C)C1CCc2nc3sc(C(=O)N[C@@H](Cc4ccc(O)cc4)C(=N)N)cc3cc2C1. The van der Waals surface area contributed by atoms with Gasteiger partial charge in [-0.25, -0.2) is 4.98 Å². The fraction of sp³-hybridized carbons (Fsp3) is 0.400. The number of aromatic hydroxyl groups is 1. The van der Waals surface area contributed by atoms with E-state index in [1.165, 1.54) is 16.9 Å². The van der Waals surface area contributed by atoms with Crippen LogP contribution in [0.1, 0.15) is 53.7 Å². The van der Waals surface area contributed by atoms with Gasteiger partial charge in [-0.05, 0) is 72.4 Å². The van der Waals surface area contributed by atoms with Gasteiger partial charge >= 0.3 is 0 Å². The lowest BCUT2D eigenvalue weighted by Gasteiger charge is -2.34. The number of aryl methyl sites for hydroxylation is 1. The van der Waals surface area contributed by atoms with Crippen LogP contribution in [0.5, 0.6) is 5.75 Å². The molecular weight excluding hydrogens is 420 g/mol. The van der Waals surface area contributed by atoms with Crippen molar-refractivity contribution in [1.82, 2.24) is 10.3 Å². The van der Waals surface area contributed by atoms with Gasteiger partial charge in [-0.1, -0.05) is 32.9 Å². The highest BCUT2D eigenvalue weighted by Gasteiger charge is 2.30. The van der Waals surface area contributed by atoms with Crippen molar-refractivity contribution in [2.45, 2.75) is 52.5 Å². The highest BCUT2D eigenvalue weighted by molar-refractivity contribution is 7.20. The number of phenols is 1. The predicted octanol–water partition coefficient (Wildman–Crippen LogP) is 4.43. The zero-order valence-corrected chi connectivity index (χ0v) is 19.6. The van der Waals surface area contributed by atoms with Gasteiger partial charge in [0, 0.05) is 11.1 Å². The van der Waals surface area contributed by atoms with Crippen LogP contribution in [0.15, 0.2) is 36.4 Å². The third-order valence-electron chi connectivity index (χ3n) is 6.38. The van der Waals surface area contributed by atoms with Gasteiger partial charge in [0.25, 0.3) is 5.91 Å². The molecule has 0 aliphatic heterocycles. The van der Waals surface area contributed by atoms with E-state index in [1.54, 1.807) is 24.3 Å². The molecule has 0 radical (unpaired) electrons. The first kappa shape index (κ1) is 22.3. The molecule has 0 saturated heterocycles. The summed E-state index contributed by atoms with van der Waals surface area (Å²) in [4.78, 5) is 19.3. The quantitative estimate of drug-likeness (QED) is 0.340. The Morgan fingerprint density at radius 3 is 2.69 bits per heavy atom. The summed E-state index contributed by atoms with van der Waals surface area (Å²) in [6, 6.07) is 10.1. The first-order valence-electron chi connectivity index (χ1n) is 10.9. The summed E-state index contributed by atoms with van der Waals surface area (Å²) in [5.74, 6) is 0.449. The molecule has 0 spiro atoms. The van der Waals surface area contributed by atoms with Crippen LogP contribution in [0.25, 0.3) is 10.2 Å². The number of thiophene rings is 1. The smallest absolute Gasteiger partial charge is 0.262 e. The van der Waals surface area contributed by atoms with Gasteiger partial charge in [0.2, 0.25) is 0 Å². The lowest BCUT2D eigenvalue weighted by Crippen LogP contribution is -2.45. The largest absolute Gasteiger partial charge is 0.508 e. The number of amidine groups is 1. The number of nitrogens with zero attached hydrogens (tertiary/aromatic N) is 1. The van der Waals surface area contributed by atoms with Crippen molar-refractivity contribution in [2.75, 3.05) is 0 Å². The van der Waals surface area contributed by atoms with Crippen molar-refractivity contribution in [1.29, 1.82) is 5.41 Å². The molecule has 1 aromatic carbocycles. The van der Waals surface area contributed by atoms with Gasteiger partial charge in [-0.2, -0.15) is 0 Å². The number of rotatable bonds is 5. The molecule has 3 aromatic rings. The number of phenolic OH excluding ortho intramolecular Hbond substituents is 1. The number of carbonyl (C=O) groups excluding carboxylic acids is 1. The van der Waals surface area contributed by atoms with Crippen molar-refractivity contribution in [2.24, 2.45) is 17.1 Å². The summed E-state index contributed by atoms with van der Waals surface area (Å²) in [7, 11) is 0. The molecule has 1 amide bonds. The molecule has 1 aliphatic carbocycles. The van der Waals surface area contributed by atoms with Crippen LogP contribution >= 0.6 is 11.3 Å². The number of aromatic nitrogens is 1. The van der Waals surface area contributed by atoms with Crippen molar-refractivity contribution >= 4 is 33.3 Å². The molecule has 32 heavy (non-hydrogen) atoms. The highest BCUT2D eigenvalue weighted by atomic mass is 32.1. The molecule has 7 heteroatoms. The molecule has 4 rings (SSSR count). The molecule has 1 aliphatic rings. The molecular formula is C25H30N4O2S. The first-order valence-corrected chi connectivity index (χ1v) is 11.8. The van der Waals surface area contributed by atoms with Gasteiger partial charge in [-0.15, -0.1) is 11.3 Å². The normalized spacial score (nSPS) is 17.0. The van der Waals surface area contributed by atoms with Crippen LogP contribution in [0.4, 0.5) is 0 Å². The van der Waals surface area contributed by atoms with E-state index in [-0.39, 0.29) is 22.9 Å². The Morgan fingerprint density at radius 2 is 2.03 bits per heavy atom. The second-order valence-corrected chi connectivity index (χ2v) is 10.8. The predicted molar refractivity (Wildman–Crippen MR) is 130 cm³/mol. The fourth-order valence-corrected chi connectivity index (χ4v) is 5.25. The van der Waals surface area contributed by atoms with Gasteiger partial charge in [-0.3, -0.25) is 10.2 Å². The summed E-state index contributed by atoms with van der Waals surface area (Å²) >= 11 is 1.38. The Hall–Kier alpha value is -2.93. The van der Waals surface area contributed by atoms with Crippen LogP contribution in [-0.2, 0) is 19.3 Å². The number of hydrogen-bond acceptors (Lipinski definition) is 5. The molecule has 0 fully saturated rings. The zero-order chi connectivity index (χ0) is 23.0. The summed E-state index contributed by atoms with van der Waals surface area (Å²) in [6.45, 7) is 6.89. The summed E-state index contributed by atoms with van der Waals surface area (Å²) in [5.41, 5.74) is 9.35. The van der Waals surface area contributed by atoms with Crippen LogP contribution in [-0.4, -0.2) is 27.9 Å². The van der Waals surface area contributed by atoms with Gasteiger partial charge in [0.05, 0.1) is 10.9 Å². The molecule has 2 heterocycles. The number of hydrogen-bond donors (Lipinski definition) is 4. The van der Waals surface area contributed by atoms with E-state index >= 15 is 0 Å². The third kappa shape index (κ3) is 4.78. The third-order valence-corrected chi connectivity index (χ3v) is 7.42. The van der Waals surface area contributed by atoms with E-state index in [1.807, 2.05) is 6.07 Å².